The first kappa shape index (κ1) is 24.8. The Labute approximate surface area is 193 Å². The van der Waals surface area contributed by atoms with Crippen molar-refractivity contribution in [2.45, 2.75) is 81.4 Å². The third-order valence-electron chi connectivity index (χ3n) is 8.19. The van der Waals surface area contributed by atoms with Crippen LogP contribution in [-0.4, -0.2) is 108 Å². The van der Waals surface area contributed by atoms with Gasteiger partial charge in [0.1, 0.15) is 12.3 Å². The van der Waals surface area contributed by atoms with Gasteiger partial charge in [-0.05, 0) is 65.1 Å². The Hall–Kier alpha value is -0.360. The van der Waals surface area contributed by atoms with Crippen LogP contribution in [-0.2, 0) is 19.0 Å². The summed E-state index contributed by atoms with van der Waals surface area (Å²) in [4.78, 5) is 11.0. The second-order valence-electron chi connectivity index (χ2n) is 10.3. The van der Waals surface area contributed by atoms with Crippen molar-refractivity contribution in [1.82, 2.24) is 25.9 Å². The summed E-state index contributed by atoms with van der Waals surface area (Å²) in [7, 11) is 9.61. The Kier molecular flexibility index (Phi) is 8.80. The van der Waals surface area contributed by atoms with E-state index in [9.17, 15) is 0 Å². The molecule has 0 radical (unpaired) electrons. The Morgan fingerprint density at radius 3 is 2.34 bits per heavy atom. The van der Waals surface area contributed by atoms with E-state index < -0.39 is 0 Å². The van der Waals surface area contributed by atoms with Gasteiger partial charge < -0.3 is 19.5 Å². The zero-order valence-corrected chi connectivity index (χ0v) is 20.6. The minimum atomic E-state index is 0.0108. The summed E-state index contributed by atoms with van der Waals surface area (Å²) in [5.41, 5.74) is 3.32. The molecule has 9 heteroatoms. The van der Waals surface area contributed by atoms with Gasteiger partial charge in [-0.2, -0.15) is 5.48 Å². The van der Waals surface area contributed by atoms with Crippen molar-refractivity contribution in [2.75, 3.05) is 55.1 Å². The summed E-state index contributed by atoms with van der Waals surface area (Å²) < 4.78 is 17.2. The van der Waals surface area contributed by atoms with Gasteiger partial charge in [-0.1, -0.05) is 0 Å². The second kappa shape index (κ2) is 11.4. The van der Waals surface area contributed by atoms with Crippen LogP contribution in [0.1, 0.15) is 38.5 Å². The molecule has 186 valence electrons. The van der Waals surface area contributed by atoms with Crippen molar-refractivity contribution in [1.29, 1.82) is 0 Å². The van der Waals surface area contributed by atoms with E-state index in [1.54, 1.807) is 21.3 Å². The minimum Gasteiger partial charge on any atom is -0.379 e. The van der Waals surface area contributed by atoms with E-state index in [4.69, 9.17) is 19.0 Å². The molecule has 9 nitrogen and oxygen atoms in total. The maximum absolute atomic E-state index is 6.11. The number of methoxy groups -OCH3 is 3. The molecule has 3 saturated heterocycles. The van der Waals surface area contributed by atoms with Gasteiger partial charge >= 0.3 is 0 Å². The molecule has 3 N–H and O–H groups in total. The number of hydrogen-bond acceptors (Lipinski definition) is 9. The molecule has 0 spiro atoms. The van der Waals surface area contributed by atoms with Gasteiger partial charge in [0, 0.05) is 40.3 Å². The quantitative estimate of drug-likeness (QED) is 0.487. The molecular weight excluding hydrogens is 410 g/mol. The molecule has 0 bridgehead atoms. The van der Waals surface area contributed by atoms with Gasteiger partial charge in [-0.15, -0.1) is 0 Å². The van der Waals surface area contributed by atoms with Gasteiger partial charge in [0.2, 0.25) is 0 Å². The Bertz CT molecular complexity index is 563. The van der Waals surface area contributed by atoms with Crippen LogP contribution in [0.25, 0.3) is 0 Å². The van der Waals surface area contributed by atoms with Crippen molar-refractivity contribution in [3.63, 3.8) is 0 Å². The lowest BCUT2D eigenvalue weighted by atomic mass is 9.82. The van der Waals surface area contributed by atoms with Crippen molar-refractivity contribution in [3.8, 4) is 0 Å². The van der Waals surface area contributed by atoms with E-state index >= 15 is 0 Å². The lowest BCUT2D eigenvalue weighted by molar-refractivity contribution is -0.143. The fraction of sp³-hybridized carbons (Fsp3) is 1.00. The van der Waals surface area contributed by atoms with Gasteiger partial charge in [0.05, 0.1) is 30.6 Å². The topological polar surface area (TPSA) is 79.5 Å². The molecule has 4 aliphatic rings. The first-order valence-corrected chi connectivity index (χ1v) is 12.4. The number of nitrogens with zero attached hydrogens (tertiary/aromatic N) is 2. The van der Waals surface area contributed by atoms with Crippen LogP contribution in [0.2, 0.25) is 0 Å². The van der Waals surface area contributed by atoms with Crippen LogP contribution >= 0.6 is 0 Å². The highest BCUT2D eigenvalue weighted by Gasteiger charge is 2.43. The first-order chi connectivity index (χ1) is 15.5. The van der Waals surface area contributed by atoms with Crippen molar-refractivity contribution in [3.05, 3.63) is 0 Å². The van der Waals surface area contributed by atoms with E-state index in [2.05, 4.69) is 40.0 Å². The smallest absolute Gasteiger partial charge is 0.146 e. The number of likely N-dealkylation sites (tertiary alicyclic amines) is 1. The third-order valence-corrected chi connectivity index (χ3v) is 8.19. The van der Waals surface area contributed by atoms with Crippen LogP contribution in [0, 0.1) is 11.8 Å². The van der Waals surface area contributed by atoms with Gasteiger partial charge in [-0.25, -0.2) is 0 Å². The van der Waals surface area contributed by atoms with E-state index in [0.29, 0.717) is 24.0 Å². The third kappa shape index (κ3) is 5.47. The van der Waals surface area contributed by atoms with E-state index in [0.717, 1.165) is 32.5 Å². The van der Waals surface area contributed by atoms with E-state index in [-0.39, 0.29) is 30.7 Å². The Morgan fingerprint density at radius 2 is 1.75 bits per heavy atom. The SMILES string of the molecule is COC1CC(CN2CCC[C@@H]2C2NC(C3CCC(N(C)C)NC3)NO2)CC(OC)C1OC. The predicted octanol–water partition coefficient (Wildman–Crippen LogP) is 0.570. The number of piperidine rings is 1. The predicted molar refractivity (Wildman–Crippen MR) is 123 cm³/mol. The second-order valence-corrected chi connectivity index (χ2v) is 10.3. The van der Waals surface area contributed by atoms with Gasteiger partial charge in [0.25, 0.3) is 0 Å². The fourth-order valence-corrected chi connectivity index (χ4v) is 6.33. The Balaban J connectivity index is 1.30. The molecular formula is C23H45N5O4. The lowest BCUT2D eigenvalue weighted by Crippen LogP contribution is -2.55. The molecule has 3 aliphatic heterocycles. The molecule has 32 heavy (non-hydrogen) atoms. The highest BCUT2D eigenvalue weighted by atomic mass is 16.7. The highest BCUT2D eigenvalue weighted by molar-refractivity contribution is 4.95. The average Bonchev–Trinajstić information content (AvgIpc) is 3.48. The van der Waals surface area contributed by atoms with Gasteiger partial charge in [-0.3, -0.25) is 20.0 Å². The molecule has 6 unspecified atom stereocenters. The number of nitrogens with one attached hydrogen (secondary N) is 3. The molecule has 0 amide bonds. The van der Waals surface area contributed by atoms with Crippen LogP contribution < -0.4 is 16.1 Å². The number of ether oxygens (including phenoxy) is 3. The highest BCUT2D eigenvalue weighted by Crippen LogP contribution is 2.33. The standard InChI is InChI=1S/C23H45N5O4/c1-27(2)20-9-8-16(13-24-20)22-25-23(32-26-22)17-7-6-10-28(17)14-15-11-18(29-3)21(31-5)19(12-15)30-4/h15-26H,6-14H2,1-5H3/t15?,16?,17-,18?,19?,20?,21?,22?,23?/m1/s1. The van der Waals surface area contributed by atoms with Crippen molar-refractivity contribution >= 4 is 0 Å². The molecule has 7 atom stereocenters. The number of hydrogen-bond donors (Lipinski definition) is 3. The summed E-state index contributed by atoms with van der Waals surface area (Å²) in [6.07, 6.45) is 7.71. The van der Waals surface area contributed by atoms with Crippen molar-refractivity contribution < 1.29 is 19.0 Å². The first-order valence-electron chi connectivity index (χ1n) is 12.4. The molecule has 0 aromatic carbocycles. The summed E-state index contributed by atoms with van der Waals surface area (Å²) >= 11 is 0. The molecule has 0 aromatic heterocycles. The molecule has 1 saturated carbocycles. The zero-order chi connectivity index (χ0) is 22.7. The minimum absolute atomic E-state index is 0.0108. The lowest BCUT2D eigenvalue weighted by Gasteiger charge is -2.41. The Morgan fingerprint density at radius 1 is 1.00 bits per heavy atom. The summed E-state index contributed by atoms with van der Waals surface area (Å²) in [6.45, 7) is 3.20. The average molecular weight is 456 g/mol. The molecule has 1 aliphatic carbocycles. The molecule has 0 aromatic rings. The van der Waals surface area contributed by atoms with Gasteiger partial charge in [0.15, 0.2) is 0 Å². The maximum Gasteiger partial charge on any atom is 0.146 e. The monoisotopic (exact) mass is 455 g/mol. The zero-order valence-electron chi connectivity index (χ0n) is 20.6. The summed E-state index contributed by atoms with van der Waals surface area (Å²) in [5, 5.41) is 7.44. The van der Waals surface area contributed by atoms with E-state index in [1.165, 1.54) is 25.7 Å². The molecule has 3 heterocycles. The summed E-state index contributed by atoms with van der Waals surface area (Å²) in [5.74, 6) is 1.08. The molecule has 4 rings (SSSR count). The van der Waals surface area contributed by atoms with Crippen LogP contribution in [0.3, 0.4) is 0 Å². The number of hydroxylamine groups is 1. The van der Waals surface area contributed by atoms with Crippen molar-refractivity contribution in [2.24, 2.45) is 11.8 Å². The van der Waals surface area contributed by atoms with Crippen LogP contribution in [0.5, 0.6) is 0 Å². The van der Waals surface area contributed by atoms with Crippen LogP contribution in [0.4, 0.5) is 0 Å². The fourth-order valence-electron chi connectivity index (χ4n) is 6.33. The van der Waals surface area contributed by atoms with Crippen LogP contribution in [0.15, 0.2) is 0 Å². The molecule has 4 fully saturated rings. The largest absolute Gasteiger partial charge is 0.379 e. The number of rotatable bonds is 8. The summed E-state index contributed by atoms with van der Waals surface area (Å²) in [6, 6.07) is 0.403. The normalized spacial score (nSPS) is 43.9. The van der Waals surface area contributed by atoms with E-state index in [1.807, 2.05) is 0 Å². The maximum atomic E-state index is 6.11.